The van der Waals surface area contributed by atoms with Crippen molar-refractivity contribution in [3.63, 3.8) is 0 Å². The molecule has 0 radical (unpaired) electrons. The van der Waals surface area contributed by atoms with Crippen molar-refractivity contribution in [3.8, 4) is 11.8 Å². The number of carbonyl (C=O) groups excluding carboxylic acids is 3. The molecule has 288 valence electrons. The number of aliphatic hydroxyl groups is 1. The zero-order valence-corrected chi connectivity index (χ0v) is 30.4. The van der Waals surface area contributed by atoms with Gasteiger partial charge in [-0.1, -0.05) is 30.2 Å². The predicted molar refractivity (Wildman–Crippen MR) is 204 cm³/mol. The second kappa shape index (κ2) is 17.5. The van der Waals surface area contributed by atoms with E-state index >= 15 is 0 Å². The summed E-state index contributed by atoms with van der Waals surface area (Å²) in [5, 5.41) is 16.9. The van der Waals surface area contributed by atoms with E-state index in [1.54, 1.807) is 18.2 Å². The number of ether oxygens (including phenoxy) is 1. The normalized spacial score (nSPS) is 16.3. The number of urea groups is 1. The second-order valence-electron chi connectivity index (χ2n) is 13.7. The van der Waals surface area contributed by atoms with Crippen molar-refractivity contribution in [2.75, 3.05) is 30.3 Å². The molecular weight excluding hydrogens is 721 g/mol. The molecule has 7 rings (SSSR count). The number of carbonyl (C=O) groups is 3. The van der Waals surface area contributed by atoms with Gasteiger partial charge in [0.05, 0.1) is 23.9 Å². The molecule has 0 saturated carbocycles. The van der Waals surface area contributed by atoms with Gasteiger partial charge in [0.1, 0.15) is 11.7 Å². The van der Waals surface area contributed by atoms with Crippen LogP contribution in [-0.2, 0) is 33.9 Å². The molecule has 4 amide bonds. The molecule has 5 aromatic rings. The van der Waals surface area contributed by atoms with E-state index in [-0.39, 0.29) is 36.1 Å². The first-order chi connectivity index (χ1) is 27.2. The summed E-state index contributed by atoms with van der Waals surface area (Å²) < 4.78 is 26.8. The topological polar surface area (TPSA) is 181 Å². The molecule has 3 aromatic heterocycles. The molecule has 15 heteroatoms. The highest BCUT2D eigenvalue weighted by Gasteiger charge is 2.31. The molecule has 2 aliphatic rings. The number of rotatable bonds is 11. The lowest BCUT2D eigenvalue weighted by Crippen LogP contribution is -2.43. The Morgan fingerprint density at radius 3 is 2.66 bits per heavy atom. The average molecular weight is 762 g/mol. The van der Waals surface area contributed by atoms with Crippen LogP contribution in [0.3, 0.4) is 0 Å². The van der Waals surface area contributed by atoms with Crippen LogP contribution < -0.4 is 21.7 Å². The number of imide groups is 1. The minimum Gasteiger partial charge on any atom is -0.407 e. The zero-order valence-electron chi connectivity index (χ0n) is 30.4. The van der Waals surface area contributed by atoms with Crippen molar-refractivity contribution < 1.29 is 33.0 Å². The number of nitrogens with one attached hydrogen (secondary N) is 3. The minimum atomic E-state index is -0.781. The molecule has 0 aliphatic carbocycles. The number of halogens is 1. The van der Waals surface area contributed by atoms with Crippen molar-refractivity contribution in [3.05, 3.63) is 118 Å². The van der Waals surface area contributed by atoms with Gasteiger partial charge in [-0.2, -0.15) is 4.39 Å². The number of piperidine rings is 2. The largest absolute Gasteiger partial charge is 0.420 e. The Bertz CT molecular complexity index is 2380. The number of nitrogens with zero attached hydrogens (tertiary/aromatic N) is 4. The van der Waals surface area contributed by atoms with Crippen LogP contribution in [0.15, 0.2) is 82.3 Å². The maximum atomic E-state index is 13.6. The smallest absolute Gasteiger partial charge is 0.407 e. The van der Waals surface area contributed by atoms with Gasteiger partial charge < -0.3 is 24.9 Å². The number of aromatic nitrogens is 3. The van der Waals surface area contributed by atoms with E-state index in [0.717, 1.165) is 67.9 Å². The van der Waals surface area contributed by atoms with Crippen LogP contribution in [0, 0.1) is 17.8 Å². The van der Waals surface area contributed by atoms with Crippen molar-refractivity contribution >= 4 is 40.3 Å². The third-order valence-electron chi connectivity index (χ3n) is 9.78. The number of likely N-dealkylation sites (tertiary alicyclic amines) is 1. The van der Waals surface area contributed by atoms with Gasteiger partial charge in [0.25, 0.3) is 0 Å². The van der Waals surface area contributed by atoms with Crippen LogP contribution in [0.4, 0.5) is 20.6 Å². The molecular formula is C41H40FN7O7. The van der Waals surface area contributed by atoms with Gasteiger partial charge in [-0.3, -0.25) is 24.4 Å². The summed E-state index contributed by atoms with van der Waals surface area (Å²) in [5.74, 6) is 3.99. The maximum absolute atomic E-state index is 13.6. The van der Waals surface area contributed by atoms with Gasteiger partial charge in [0.15, 0.2) is 5.58 Å². The predicted octanol–water partition coefficient (Wildman–Crippen LogP) is 4.65. The quantitative estimate of drug-likeness (QED) is 0.0641. The highest BCUT2D eigenvalue weighted by atomic mass is 19.1. The fourth-order valence-electron chi connectivity index (χ4n) is 6.98. The molecule has 0 bridgehead atoms. The lowest BCUT2D eigenvalue weighted by atomic mass is 10.0. The molecule has 5 heterocycles. The lowest BCUT2D eigenvalue weighted by Gasteiger charge is -2.32. The standard InChI is InChI=1S/C41H40FN7O7/c42-36-22-33(29(25-50)23-44-36)46-40(53)45-31-13-16-43-30(21-31)10-9-26-4-1-5-27(20-26)24-48-17-14-32(15-18-48)55-19-3-7-28-6-2-8-34-38(28)56-41(54)49(34)35-11-12-37(51)47-39(35)52/h1-2,4-6,8,13,16,20-23,32,35,50H,3,7,11-12,14-15,17-19,24-25H2,(H,47,51,52)(H2,43,44,45,46,53). The number of hydrogen-bond donors (Lipinski definition) is 4. The Morgan fingerprint density at radius 2 is 1.84 bits per heavy atom. The van der Waals surface area contributed by atoms with E-state index < -0.39 is 36.3 Å². The highest BCUT2D eigenvalue weighted by Crippen LogP contribution is 2.26. The summed E-state index contributed by atoms with van der Waals surface area (Å²) in [6, 6.07) is 16.4. The number of fused-ring (bicyclic) bond motifs is 1. The molecule has 2 aliphatic heterocycles. The summed E-state index contributed by atoms with van der Waals surface area (Å²) in [4.78, 5) is 59.5. The average Bonchev–Trinajstić information content (AvgIpc) is 3.52. The first kappa shape index (κ1) is 38.1. The number of aryl methyl sites for hydroxylation is 1. The van der Waals surface area contributed by atoms with Crippen LogP contribution in [0.25, 0.3) is 11.1 Å². The fraction of sp³-hybridized carbons (Fsp3) is 0.317. The molecule has 2 aromatic carbocycles. The van der Waals surface area contributed by atoms with Gasteiger partial charge in [-0.05, 0) is 79.5 Å². The minimum absolute atomic E-state index is 0.114. The van der Waals surface area contributed by atoms with Crippen molar-refractivity contribution in [2.45, 2.75) is 63.8 Å². The summed E-state index contributed by atoms with van der Waals surface area (Å²) >= 11 is 0. The summed E-state index contributed by atoms with van der Waals surface area (Å²) in [5.41, 5.74) is 5.14. The van der Waals surface area contributed by atoms with Crippen LogP contribution >= 0.6 is 0 Å². The Hall–Kier alpha value is -6.21. The zero-order chi connectivity index (χ0) is 39.0. The van der Waals surface area contributed by atoms with Crippen LogP contribution in [0.2, 0.25) is 0 Å². The molecule has 0 spiro atoms. The third-order valence-corrected chi connectivity index (χ3v) is 9.78. The van der Waals surface area contributed by atoms with Gasteiger partial charge in [-0.15, -0.1) is 0 Å². The monoisotopic (exact) mass is 761 g/mol. The van der Waals surface area contributed by atoms with Gasteiger partial charge in [0, 0.05) is 67.9 Å². The number of benzene rings is 2. The number of para-hydroxylation sites is 1. The molecule has 1 atom stereocenters. The van der Waals surface area contributed by atoms with E-state index in [1.807, 2.05) is 24.3 Å². The first-order valence-electron chi connectivity index (χ1n) is 18.4. The maximum Gasteiger partial charge on any atom is 0.420 e. The van der Waals surface area contributed by atoms with Crippen molar-refractivity contribution in [2.24, 2.45) is 0 Å². The van der Waals surface area contributed by atoms with Gasteiger partial charge >= 0.3 is 11.8 Å². The van der Waals surface area contributed by atoms with E-state index in [2.05, 4.69) is 54.8 Å². The van der Waals surface area contributed by atoms with Crippen molar-refractivity contribution in [1.82, 2.24) is 24.8 Å². The van der Waals surface area contributed by atoms with E-state index in [1.165, 1.54) is 10.8 Å². The van der Waals surface area contributed by atoms with Gasteiger partial charge in [-0.25, -0.2) is 19.6 Å². The molecule has 2 fully saturated rings. The van der Waals surface area contributed by atoms with E-state index in [0.29, 0.717) is 35.5 Å². The lowest BCUT2D eigenvalue weighted by molar-refractivity contribution is -0.135. The highest BCUT2D eigenvalue weighted by molar-refractivity contribution is 6.00. The Kier molecular flexibility index (Phi) is 11.9. The van der Waals surface area contributed by atoms with Crippen LogP contribution in [0.1, 0.15) is 66.1 Å². The molecule has 1 unspecified atom stereocenters. The third kappa shape index (κ3) is 9.35. The number of hydrogen-bond acceptors (Lipinski definition) is 10. The fourth-order valence-corrected chi connectivity index (χ4v) is 6.98. The number of pyridine rings is 2. The van der Waals surface area contributed by atoms with E-state index in [4.69, 9.17) is 9.15 Å². The Balaban J connectivity index is 0.861. The number of aliphatic hydroxyl groups excluding tert-OH is 1. The summed E-state index contributed by atoms with van der Waals surface area (Å²) in [6.45, 7) is 2.73. The van der Waals surface area contributed by atoms with Crippen molar-refractivity contribution in [1.29, 1.82) is 0 Å². The molecule has 4 N–H and O–H groups in total. The molecule has 14 nitrogen and oxygen atoms in total. The number of anilines is 2. The second-order valence-corrected chi connectivity index (χ2v) is 13.7. The first-order valence-corrected chi connectivity index (χ1v) is 18.4. The number of amides is 4. The van der Waals surface area contributed by atoms with Crippen LogP contribution in [0.5, 0.6) is 0 Å². The van der Waals surface area contributed by atoms with Crippen LogP contribution in [-0.4, -0.2) is 68.2 Å². The van der Waals surface area contributed by atoms with Gasteiger partial charge in [0.2, 0.25) is 17.8 Å². The summed E-state index contributed by atoms with van der Waals surface area (Å²) in [7, 11) is 0. The molecule has 2 saturated heterocycles. The molecule has 56 heavy (non-hydrogen) atoms. The van der Waals surface area contributed by atoms with E-state index in [9.17, 15) is 28.7 Å². The summed E-state index contributed by atoms with van der Waals surface area (Å²) in [6.07, 6.45) is 6.49. The Labute approximate surface area is 321 Å². The Morgan fingerprint density at radius 1 is 1.00 bits per heavy atom. The number of oxazole rings is 1. The SMILES string of the molecule is O=C1CCC(n2c(=O)oc3c(CCCOC4CCN(Cc5cccc(C#Cc6cc(NC(=O)Nc7cc(F)ncc7CO)ccn6)c5)CC4)cccc32)C(=O)N1.